The van der Waals surface area contributed by atoms with Gasteiger partial charge in [-0.15, -0.1) is 0 Å². The maximum absolute atomic E-state index is 12.3. The smallest absolute Gasteiger partial charge is 0.355 e. The average Bonchev–Trinajstić information content (AvgIpc) is 2.40. The summed E-state index contributed by atoms with van der Waals surface area (Å²) >= 11 is 0. The van der Waals surface area contributed by atoms with Crippen LogP contribution in [0.15, 0.2) is 35.5 Å². The average molecular weight is 302 g/mol. The van der Waals surface area contributed by atoms with Crippen LogP contribution in [0.25, 0.3) is 0 Å². The third kappa shape index (κ3) is 3.67. The van der Waals surface area contributed by atoms with E-state index in [1.165, 1.54) is 0 Å². The van der Waals surface area contributed by atoms with Crippen LogP contribution in [0.5, 0.6) is 0 Å². The van der Waals surface area contributed by atoms with Gasteiger partial charge in [0, 0.05) is 0 Å². The number of hydrogen-bond acceptors (Lipinski definition) is 3. The molecule has 2 rings (SSSR count). The number of carbonyl (C=O) groups is 2. The summed E-state index contributed by atoms with van der Waals surface area (Å²) in [7, 11) is 0. The van der Waals surface area contributed by atoms with E-state index in [2.05, 4.69) is 10.6 Å². The molecule has 0 spiro atoms. The number of ether oxygens (including phenoxy) is 1. The number of rotatable bonds is 2. The van der Waals surface area contributed by atoms with E-state index in [-0.39, 0.29) is 11.7 Å². The minimum Gasteiger partial charge on any atom is -0.455 e. The number of hydrogen-bond donors (Lipinski definition) is 2. The summed E-state index contributed by atoms with van der Waals surface area (Å²) in [6.45, 7) is 9.19. The Bertz CT molecular complexity index is 624. The number of aryl methyl sites for hydroxylation is 1. The highest BCUT2D eigenvalue weighted by Gasteiger charge is 2.31. The van der Waals surface area contributed by atoms with E-state index in [1.807, 2.05) is 38.1 Å². The fraction of sp³-hybridized carbons (Fsp3) is 0.412. The minimum absolute atomic E-state index is 0.212. The summed E-state index contributed by atoms with van der Waals surface area (Å²) < 4.78 is 5.36. The first-order valence-electron chi connectivity index (χ1n) is 7.25. The first kappa shape index (κ1) is 16.1. The summed E-state index contributed by atoms with van der Waals surface area (Å²) in [4.78, 5) is 24.2. The Labute approximate surface area is 130 Å². The lowest BCUT2D eigenvalue weighted by Gasteiger charge is -2.29. The minimum atomic E-state index is -0.612. The van der Waals surface area contributed by atoms with Crippen LogP contribution in [0.2, 0.25) is 0 Å². The van der Waals surface area contributed by atoms with E-state index in [9.17, 15) is 9.59 Å². The maximum Gasteiger partial charge on any atom is 0.355 e. The number of carbonyl (C=O) groups excluding carboxylic acids is 2. The SMILES string of the molecule is CC1=C(C(=O)OC(C)(C)C)NC(=O)NC1c1ccc(C)cc1. The molecule has 1 aliphatic rings. The molecule has 1 heterocycles. The molecule has 118 valence electrons. The largest absolute Gasteiger partial charge is 0.455 e. The predicted molar refractivity (Wildman–Crippen MR) is 84.1 cm³/mol. The molecule has 1 unspecified atom stereocenters. The topological polar surface area (TPSA) is 67.4 Å². The lowest BCUT2D eigenvalue weighted by molar-refractivity contribution is -0.150. The number of urea groups is 1. The van der Waals surface area contributed by atoms with Crippen molar-refractivity contribution in [2.75, 3.05) is 0 Å². The van der Waals surface area contributed by atoms with Gasteiger partial charge in [-0.1, -0.05) is 29.8 Å². The fourth-order valence-electron chi connectivity index (χ4n) is 2.27. The lowest BCUT2D eigenvalue weighted by atomic mass is 9.96. The Morgan fingerprint density at radius 2 is 1.73 bits per heavy atom. The summed E-state index contributed by atoms with van der Waals surface area (Å²) in [6, 6.07) is 7.10. The molecule has 0 saturated carbocycles. The van der Waals surface area contributed by atoms with E-state index in [0.29, 0.717) is 0 Å². The van der Waals surface area contributed by atoms with Crippen molar-refractivity contribution in [3.05, 3.63) is 46.7 Å². The van der Waals surface area contributed by atoms with Crippen LogP contribution in [-0.2, 0) is 9.53 Å². The zero-order valence-electron chi connectivity index (χ0n) is 13.6. The molecule has 0 bridgehead atoms. The molecule has 0 saturated heterocycles. The van der Waals surface area contributed by atoms with Gasteiger partial charge in [-0.05, 0) is 45.8 Å². The molecule has 0 aromatic heterocycles. The van der Waals surface area contributed by atoms with Crippen LogP contribution in [0.3, 0.4) is 0 Å². The van der Waals surface area contributed by atoms with Gasteiger partial charge in [-0.2, -0.15) is 0 Å². The van der Waals surface area contributed by atoms with Gasteiger partial charge in [-0.3, -0.25) is 0 Å². The van der Waals surface area contributed by atoms with E-state index >= 15 is 0 Å². The third-order valence-corrected chi connectivity index (χ3v) is 3.36. The Morgan fingerprint density at radius 3 is 2.27 bits per heavy atom. The number of esters is 1. The van der Waals surface area contributed by atoms with Gasteiger partial charge in [-0.25, -0.2) is 9.59 Å². The highest BCUT2D eigenvalue weighted by atomic mass is 16.6. The van der Waals surface area contributed by atoms with Crippen molar-refractivity contribution in [1.29, 1.82) is 0 Å². The van der Waals surface area contributed by atoms with Crippen molar-refractivity contribution in [3.8, 4) is 0 Å². The summed E-state index contributed by atoms with van der Waals surface area (Å²) in [5.41, 5.74) is 2.40. The van der Waals surface area contributed by atoms with Crippen LogP contribution in [-0.4, -0.2) is 17.6 Å². The van der Waals surface area contributed by atoms with Crippen LogP contribution in [0.4, 0.5) is 4.79 Å². The molecule has 2 N–H and O–H groups in total. The molecule has 2 amide bonds. The Morgan fingerprint density at radius 1 is 1.14 bits per heavy atom. The van der Waals surface area contributed by atoms with Gasteiger partial charge >= 0.3 is 12.0 Å². The van der Waals surface area contributed by atoms with Crippen molar-refractivity contribution in [2.24, 2.45) is 0 Å². The van der Waals surface area contributed by atoms with Gasteiger partial charge in [0.2, 0.25) is 0 Å². The monoisotopic (exact) mass is 302 g/mol. The molecule has 1 aliphatic heterocycles. The van der Waals surface area contributed by atoms with Gasteiger partial charge in [0.25, 0.3) is 0 Å². The normalized spacial score (nSPS) is 18.6. The maximum atomic E-state index is 12.3. The number of amides is 2. The quantitative estimate of drug-likeness (QED) is 0.825. The van der Waals surface area contributed by atoms with E-state index in [0.717, 1.165) is 16.7 Å². The second kappa shape index (κ2) is 5.83. The highest BCUT2D eigenvalue weighted by molar-refractivity contribution is 5.96. The Balaban J connectivity index is 2.35. The molecule has 1 atom stereocenters. The predicted octanol–water partition coefficient (Wildman–Crippen LogP) is 2.96. The Hall–Kier alpha value is -2.30. The third-order valence-electron chi connectivity index (χ3n) is 3.36. The fourth-order valence-corrected chi connectivity index (χ4v) is 2.27. The second-order valence-electron chi connectivity index (χ2n) is 6.50. The first-order chi connectivity index (χ1) is 10.2. The van der Waals surface area contributed by atoms with Crippen LogP contribution in [0, 0.1) is 6.92 Å². The number of nitrogens with one attached hydrogen (secondary N) is 2. The van der Waals surface area contributed by atoms with E-state index in [1.54, 1.807) is 20.8 Å². The molecule has 0 aliphatic carbocycles. The van der Waals surface area contributed by atoms with Crippen LogP contribution >= 0.6 is 0 Å². The standard InChI is InChI=1S/C17H22N2O3/c1-10-6-8-12(9-7-10)13-11(2)14(19-16(21)18-13)15(20)22-17(3,4)5/h6-9,13H,1-5H3,(H2,18,19,21). The molecule has 0 radical (unpaired) electrons. The van der Waals surface area contributed by atoms with E-state index in [4.69, 9.17) is 4.74 Å². The molecule has 5 nitrogen and oxygen atoms in total. The van der Waals surface area contributed by atoms with Crippen molar-refractivity contribution >= 4 is 12.0 Å². The van der Waals surface area contributed by atoms with E-state index < -0.39 is 17.6 Å². The zero-order chi connectivity index (χ0) is 16.5. The molecule has 1 aromatic rings. The van der Waals surface area contributed by atoms with Gasteiger partial charge in [0.15, 0.2) is 0 Å². The second-order valence-corrected chi connectivity index (χ2v) is 6.50. The summed E-state index contributed by atoms with van der Waals surface area (Å²) in [6.07, 6.45) is 0. The van der Waals surface area contributed by atoms with Gasteiger partial charge < -0.3 is 15.4 Å². The van der Waals surface area contributed by atoms with Crippen molar-refractivity contribution in [1.82, 2.24) is 10.6 Å². The molecule has 1 aromatic carbocycles. The molecular formula is C17H22N2O3. The molecular weight excluding hydrogens is 280 g/mol. The number of benzene rings is 1. The molecule has 0 fully saturated rings. The highest BCUT2D eigenvalue weighted by Crippen LogP contribution is 2.27. The zero-order valence-corrected chi connectivity index (χ0v) is 13.6. The first-order valence-corrected chi connectivity index (χ1v) is 7.25. The summed E-state index contributed by atoms with van der Waals surface area (Å²) in [5, 5.41) is 5.39. The van der Waals surface area contributed by atoms with Crippen LogP contribution in [0.1, 0.15) is 44.9 Å². The Kier molecular flexibility index (Phi) is 4.26. The lowest BCUT2D eigenvalue weighted by Crippen LogP contribution is -2.46. The van der Waals surface area contributed by atoms with Gasteiger partial charge in [0.05, 0.1) is 6.04 Å². The van der Waals surface area contributed by atoms with Crippen molar-refractivity contribution in [3.63, 3.8) is 0 Å². The van der Waals surface area contributed by atoms with Crippen LogP contribution < -0.4 is 10.6 Å². The van der Waals surface area contributed by atoms with Crippen molar-refractivity contribution < 1.29 is 14.3 Å². The van der Waals surface area contributed by atoms with Crippen molar-refractivity contribution in [2.45, 2.75) is 46.3 Å². The summed E-state index contributed by atoms with van der Waals surface area (Å²) in [5.74, 6) is -0.517. The van der Waals surface area contributed by atoms with Gasteiger partial charge in [0.1, 0.15) is 11.3 Å². The molecule has 5 heteroatoms. The molecule has 22 heavy (non-hydrogen) atoms.